The highest BCUT2D eigenvalue weighted by molar-refractivity contribution is 8.00. The summed E-state index contributed by atoms with van der Waals surface area (Å²) in [6.07, 6.45) is -0.103. The molecule has 1 fully saturated rings. The lowest BCUT2D eigenvalue weighted by molar-refractivity contribution is -0.121. The summed E-state index contributed by atoms with van der Waals surface area (Å²) in [5, 5.41) is 9.83. The van der Waals surface area contributed by atoms with Crippen LogP contribution in [-0.4, -0.2) is 47.5 Å². The molecule has 10 heteroatoms. The van der Waals surface area contributed by atoms with E-state index in [0.29, 0.717) is 33.2 Å². The molecule has 1 aromatic heterocycles. The van der Waals surface area contributed by atoms with Crippen LogP contribution >= 0.6 is 11.8 Å². The first-order valence-electron chi connectivity index (χ1n) is 15.3. The molecule has 2 heterocycles. The van der Waals surface area contributed by atoms with Gasteiger partial charge in [0.15, 0.2) is 12.4 Å². The van der Waals surface area contributed by atoms with Crippen molar-refractivity contribution < 1.29 is 28.7 Å². The molecule has 1 atom stereocenters. The van der Waals surface area contributed by atoms with E-state index >= 15 is 0 Å². The van der Waals surface area contributed by atoms with Gasteiger partial charge in [-0.2, -0.15) is 5.26 Å². The number of amides is 2. The van der Waals surface area contributed by atoms with Gasteiger partial charge in [0, 0.05) is 23.1 Å². The van der Waals surface area contributed by atoms with E-state index < -0.39 is 29.6 Å². The molecular weight excluding hydrogens is 639 g/mol. The molecule has 0 bridgehead atoms. The van der Waals surface area contributed by atoms with Gasteiger partial charge < -0.3 is 9.47 Å². The highest BCUT2D eigenvalue weighted by atomic mass is 32.2. The fraction of sp³-hybridized carbons (Fsp3) is 0.128. The molecule has 0 N–H and O–H groups in total. The van der Waals surface area contributed by atoms with E-state index in [1.807, 2.05) is 61.5 Å². The molecule has 1 aliphatic rings. The predicted octanol–water partition coefficient (Wildman–Crippen LogP) is 7.07. The quantitative estimate of drug-likeness (QED) is 0.0873. The van der Waals surface area contributed by atoms with E-state index in [2.05, 4.69) is 6.07 Å². The number of aryl methyl sites for hydroxylation is 1. The summed E-state index contributed by atoms with van der Waals surface area (Å²) < 4.78 is 10.5. The van der Waals surface area contributed by atoms with Crippen LogP contribution in [-0.2, 0) is 14.3 Å². The Labute approximate surface area is 287 Å². The zero-order valence-corrected chi connectivity index (χ0v) is 27.4. The molecule has 5 aromatic rings. The van der Waals surface area contributed by atoms with Gasteiger partial charge in [-0.05, 0) is 67.1 Å². The van der Waals surface area contributed by atoms with E-state index in [1.54, 1.807) is 37.4 Å². The number of carbonyl (C=O) groups is 4. The monoisotopic (exact) mass is 667 g/mol. The number of esters is 1. The summed E-state index contributed by atoms with van der Waals surface area (Å²) in [4.78, 5) is 57.7. The minimum Gasteiger partial charge on any atom is -0.497 e. The van der Waals surface area contributed by atoms with Gasteiger partial charge in [0.05, 0.1) is 34.9 Å². The SMILES string of the molecule is COc1ccc(-c2cc(-c3ccc(C)cc3)c(C#N)c(SC3CC(=O)N(c4ccc(C(=O)OCC(=O)c5ccccc5)cc4)C3=O)n2)cc1. The van der Waals surface area contributed by atoms with Crippen LogP contribution in [0.15, 0.2) is 114 Å². The number of anilines is 1. The molecule has 6 rings (SSSR count). The molecule has 2 amide bonds. The molecule has 0 saturated carbocycles. The summed E-state index contributed by atoms with van der Waals surface area (Å²) in [7, 11) is 1.59. The largest absolute Gasteiger partial charge is 0.497 e. The maximum Gasteiger partial charge on any atom is 0.338 e. The van der Waals surface area contributed by atoms with Gasteiger partial charge >= 0.3 is 5.97 Å². The Morgan fingerprint density at radius 2 is 1.57 bits per heavy atom. The third kappa shape index (κ3) is 7.12. The maximum absolute atomic E-state index is 13.7. The van der Waals surface area contributed by atoms with Crippen LogP contribution in [0, 0.1) is 18.3 Å². The van der Waals surface area contributed by atoms with Crippen LogP contribution < -0.4 is 9.64 Å². The highest BCUT2D eigenvalue weighted by Gasteiger charge is 2.41. The van der Waals surface area contributed by atoms with Gasteiger partial charge in [-0.1, -0.05) is 71.9 Å². The topological polar surface area (TPSA) is 127 Å². The number of thioether (sulfide) groups is 1. The second-order valence-corrected chi connectivity index (χ2v) is 12.4. The number of ether oxygens (including phenoxy) is 2. The van der Waals surface area contributed by atoms with Gasteiger partial charge in [-0.15, -0.1) is 0 Å². The molecule has 0 radical (unpaired) electrons. The van der Waals surface area contributed by atoms with Gasteiger partial charge in [0.1, 0.15) is 16.8 Å². The van der Waals surface area contributed by atoms with Crippen LogP contribution in [0.2, 0.25) is 0 Å². The van der Waals surface area contributed by atoms with Gasteiger partial charge in [0.25, 0.3) is 0 Å². The van der Waals surface area contributed by atoms with E-state index in [1.165, 1.54) is 24.3 Å². The number of hydrogen-bond acceptors (Lipinski definition) is 9. The highest BCUT2D eigenvalue weighted by Crippen LogP contribution is 2.39. The van der Waals surface area contributed by atoms with Crippen LogP contribution in [0.25, 0.3) is 22.4 Å². The number of rotatable bonds is 10. The number of Topliss-reactive ketones (excluding diaryl/α,β-unsaturated/α-hetero) is 1. The molecule has 49 heavy (non-hydrogen) atoms. The van der Waals surface area contributed by atoms with Crippen molar-refractivity contribution in [2.24, 2.45) is 0 Å². The van der Waals surface area contributed by atoms with E-state index in [-0.39, 0.29) is 23.5 Å². The van der Waals surface area contributed by atoms with E-state index in [9.17, 15) is 24.4 Å². The first kappa shape index (κ1) is 32.9. The molecular formula is C39H29N3O6S. The van der Waals surface area contributed by atoms with Crippen molar-refractivity contribution in [1.29, 1.82) is 5.26 Å². The number of benzene rings is 4. The molecule has 0 spiro atoms. The van der Waals surface area contributed by atoms with Crippen LogP contribution in [0.3, 0.4) is 0 Å². The van der Waals surface area contributed by atoms with E-state index in [0.717, 1.165) is 33.4 Å². The average Bonchev–Trinajstić information content (AvgIpc) is 3.42. The van der Waals surface area contributed by atoms with Crippen molar-refractivity contribution in [3.63, 3.8) is 0 Å². The van der Waals surface area contributed by atoms with Crippen molar-refractivity contribution in [3.8, 4) is 34.2 Å². The third-order valence-electron chi connectivity index (χ3n) is 8.00. The molecule has 9 nitrogen and oxygen atoms in total. The number of hydrogen-bond donors (Lipinski definition) is 0. The average molecular weight is 668 g/mol. The third-order valence-corrected chi connectivity index (χ3v) is 9.17. The Kier molecular flexibility index (Phi) is 9.65. The zero-order valence-electron chi connectivity index (χ0n) is 26.6. The number of nitriles is 1. The first-order valence-corrected chi connectivity index (χ1v) is 16.2. The smallest absolute Gasteiger partial charge is 0.338 e. The summed E-state index contributed by atoms with van der Waals surface area (Å²) >= 11 is 1.08. The summed E-state index contributed by atoms with van der Waals surface area (Å²) in [6, 6.07) is 33.6. The molecule has 1 unspecified atom stereocenters. The standard InChI is InChI=1S/C39H29N3O6S/c1-24-8-10-25(11-9-24)31-20-33(26-14-18-30(47-2)19-15-26)41-37(32(31)22-40)49-35-21-36(44)42(38(35)45)29-16-12-28(13-17-29)39(46)48-23-34(43)27-6-4-3-5-7-27/h3-20,35H,21,23H2,1-2H3. The second kappa shape index (κ2) is 14.4. The van der Waals surface area contributed by atoms with E-state index in [4.69, 9.17) is 14.5 Å². The van der Waals surface area contributed by atoms with Crippen molar-refractivity contribution >= 4 is 41.0 Å². The number of nitrogens with zero attached hydrogens (tertiary/aromatic N) is 3. The minimum atomic E-state index is -0.835. The normalized spacial score (nSPS) is 14.0. The van der Waals surface area contributed by atoms with Gasteiger partial charge in [-0.25, -0.2) is 14.7 Å². The Hall–Kier alpha value is -6.05. The Morgan fingerprint density at radius 3 is 2.22 bits per heavy atom. The number of aromatic nitrogens is 1. The zero-order chi connectivity index (χ0) is 34.5. The Balaban J connectivity index is 1.23. The summed E-state index contributed by atoms with van der Waals surface area (Å²) in [6.45, 7) is 1.56. The second-order valence-electron chi connectivity index (χ2n) is 11.2. The molecule has 4 aromatic carbocycles. The van der Waals surface area contributed by atoms with Crippen molar-refractivity contribution in [3.05, 3.63) is 131 Å². The lowest BCUT2D eigenvalue weighted by Crippen LogP contribution is -2.31. The number of ketones is 1. The van der Waals surface area contributed by atoms with Crippen LogP contribution in [0.1, 0.15) is 38.3 Å². The van der Waals surface area contributed by atoms with Crippen molar-refractivity contribution in [2.75, 3.05) is 18.6 Å². The van der Waals surface area contributed by atoms with Crippen LogP contribution in [0.4, 0.5) is 5.69 Å². The van der Waals surface area contributed by atoms with Crippen molar-refractivity contribution in [1.82, 2.24) is 4.98 Å². The summed E-state index contributed by atoms with van der Waals surface area (Å²) in [5.74, 6) is -1.24. The summed E-state index contributed by atoms with van der Waals surface area (Å²) in [5.41, 5.74) is 5.12. The van der Waals surface area contributed by atoms with Gasteiger partial charge in [0.2, 0.25) is 11.8 Å². The molecule has 1 aliphatic heterocycles. The molecule has 242 valence electrons. The van der Waals surface area contributed by atoms with Gasteiger partial charge in [-0.3, -0.25) is 14.4 Å². The first-order chi connectivity index (χ1) is 23.7. The maximum atomic E-state index is 13.7. The van der Waals surface area contributed by atoms with Crippen molar-refractivity contribution in [2.45, 2.75) is 23.6 Å². The number of imide groups is 1. The fourth-order valence-corrected chi connectivity index (χ4v) is 6.48. The Morgan fingerprint density at radius 1 is 0.898 bits per heavy atom. The number of pyridine rings is 1. The minimum absolute atomic E-state index is 0.103. The lowest BCUT2D eigenvalue weighted by Gasteiger charge is -2.17. The fourth-order valence-electron chi connectivity index (χ4n) is 5.36. The lowest BCUT2D eigenvalue weighted by atomic mass is 9.98. The number of carbonyl (C=O) groups excluding carboxylic acids is 4. The molecule has 1 saturated heterocycles. The Bertz CT molecular complexity index is 2090. The number of methoxy groups -OCH3 is 1. The van der Waals surface area contributed by atoms with Crippen LogP contribution in [0.5, 0.6) is 5.75 Å². The predicted molar refractivity (Wildman–Crippen MR) is 185 cm³/mol. The molecule has 0 aliphatic carbocycles.